The van der Waals surface area contributed by atoms with E-state index in [4.69, 9.17) is 16.3 Å². The van der Waals surface area contributed by atoms with Crippen LogP contribution >= 0.6 is 23.4 Å². The van der Waals surface area contributed by atoms with E-state index in [0.717, 1.165) is 4.90 Å². The summed E-state index contributed by atoms with van der Waals surface area (Å²) in [6.07, 6.45) is 1.60. The molecule has 1 aromatic carbocycles. The molecule has 0 atom stereocenters. The number of halogens is 1. The van der Waals surface area contributed by atoms with Gasteiger partial charge in [0.1, 0.15) is 5.03 Å². The lowest BCUT2D eigenvalue weighted by Crippen LogP contribution is -2.34. The van der Waals surface area contributed by atoms with E-state index in [2.05, 4.69) is 10.3 Å². The van der Waals surface area contributed by atoms with Crippen LogP contribution in [0.3, 0.4) is 0 Å². The van der Waals surface area contributed by atoms with Gasteiger partial charge in [0.2, 0.25) is 0 Å². The Bertz CT molecular complexity index is 720. The van der Waals surface area contributed by atoms with Crippen molar-refractivity contribution < 1.29 is 14.3 Å². The molecule has 2 rings (SSSR count). The largest absolute Gasteiger partial charge is 0.452 e. The Morgan fingerprint density at radius 1 is 1.25 bits per heavy atom. The van der Waals surface area contributed by atoms with Crippen molar-refractivity contribution in [2.45, 2.75) is 29.8 Å². The van der Waals surface area contributed by atoms with E-state index in [-0.39, 0.29) is 18.6 Å². The Kier molecular flexibility index (Phi) is 6.63. The summed E-state index contributed by atoms with van der Waals surface area (Å²) in [5.74, 6) is -0.924. The average molecular weight is 365 g/mol. The van der Waals surface area contributed by atoms with Crippen LogP contribution in [0.15, 0.2) is 52.5 Å². The molecule has 1 amide bonds. The second-order valence-corrected chi connectivity index (χ2v) is 6.71. The first-order valence-electron chi connectivity index (χ1n) is 7.30. The highest BCUT2D eigenvalue weighted by atomic mass is 35.5. The molecule has 0 unspecified atom stereocenters. The molecule has 0 fully saturated rings. The Balaban J connectivity index is 2.06. The Labute approximate surface area is 149 Å². The number of nitrogens with one attached hydrogen (secondary N) is 1. The van der Waals surface area contributed by atoms with Crippen molar-refractivity contribution >= 4 is 35.2 Å². The zero-order valence-corrected chi connectivity index (χ0v) is 14.9. The molecule has 126 valence electrons. The van der Waals surface area contributed by atoms with E-state index in [1.807, 2.05) is 26.0 Å². The molecule has 2 aromatic rings. The third-order valence-corrected chi connectivity index (χ3v) is 4.08. The van der Waals surface area contributed by atoms with E-state index in [1.165, 1.54) is 11.8 Å². The topological polar surface area (TPSA) is 68.3 Å². The number of carbonyl (C=O) groups excluding carboxylic acids is 2. The minimum atomic E-state index is -0.585. The molecule has 0 aliphatic carbocycles. The molecular weight excluding hydrogens is 348 g/mol. The third-order valence-electron chi connectivity index (χ3n) is 2.80. The summed E-state index contributed by atoms with van der Waals surface area (Å²) in [5.41, 5.74) is 0.315. The minimum absolute atomic E-state index is 0.00869. The summed E-state index contributed by atoms with van der Waals surface area (Å²) in [7, 11) is 0. The maximum Gasteiger partial charge on any atom is 0.341 e. The number of esters is 1. The van der Waals surface area contributed by atoms with E-state index in [1.54, 1.807) is 30.5 Å². The molecule has 0 aliphatic heterocycles. The number of nitrogens with zero attached hydrogens (tertiary/aromatic N) is 1. The van der Waals surface area contributed by atoms with Crippen molar-refractivity contribution in [2.75, 3.05) is 6.61 Å². The Hall–Kier alpha value is -2.05. The molecule has 1 N–H and O–H groups in total. The van der Waals surface area contributed by atoms with Crippen LogP contribution in [0.5, 0.6) is 0 Å². The van der Waals surface area contributed by atoms with Crippen LogP contribution in [0, 0.1) is 0 Å². The highest BCUT2D eigenvalue weighted by Gasteiger charge is 2.16. The normalized spacial score (nSPS) is 10.5. The molecule has 0 bridgehead atoms. The van der Waals surface area contributed by atoms with Gasteiger partial charge in [-0.3, -0.25) is 4.79 Å². The van der Waals surface area contributed by atoms with Gasteiger partial charge in [-0.15, -0.1) is 0 Å². The quantitative estimate of drug-likeness (QED) is 0.793. The fourth-order valence-corrected chi connectivity index (χ4v) is 2.81. The monoisotopic (exact) mass is 364 g/mol. The van der Waals surface area contributed by atoms with Gasteiger partial charge in [-0.25, -0.2) is 9.78 Å². The maximum atomic E-state index is 12.2. The predicted octanol–water partition coefficient (Wildman–Crippen LogP) is 3.57. The van der Waals surface area contributed by atoms with Gasteiger partial charge in [0.05, 0.1) is 5.56 Å². The van der Waals surface area contributed by atoms with Crippen LogP contribution in [-0.4, -0.2) is 29.5 Å². The lowest BCUT2D eigenvalue weighted by molar-refractivity contribution is -0.124. The average Bonchev–Trinajstić information content (AvgIpc) is 2.54. The lowest BCUT2D eigenvalue weighted by atomic mass is 10.3. The number of rotatable bonds is 6. The van der Waals surface area contributed by atoms with Gasteiger partial charge in [0, 0.05) is 22.2 Å². The van der Waals surface area contributed by atoms with E-state index >= 15 is 0 Å². The molecule has 5 nitrogen and oxygen atoms in total. The lowest BCUT2D eigenvalue weighted by Gasteiger charge is -2.10. The summed E-state index contributed by atoms with van der Waals surface area (Å²) in [4.78, 5) is 28.9. The summed E-state index contributed by atoms with van der Waals surface area (Å²) in [6.45, 7) is 3.35. The van der Waals surface area contributed by atoms with Crippen molar-refractivity contribution in [2.24, 2.45) is 0 Å². The fraction of sp³-hybridized carbons (Fsp3) is 0.235. The molecule has 0 saturated heterocycles. The number of hydrogen-bond acceptors (Lipinski definition) is 5. The molecule has 24 heavy (non-hydrogen) atoms. The van der Waals surface area contributed by atoms with Crippen LogP contribution in [0.2, 0.25) is 5.02 Å². The summed E-state index contributed by atoms with van der Waals surface area (Å²) in [6, 6.07) is 10.5. The smallest absolute Gasteiger partial charge is 0.341 e. The molecule has 1 heterocycles. The first-order chi connectivity index (χ1) is 11.5. The van der Waals surface area contributed by atoms with Crippen LogP contribution in [-0.2, 0) is 9.53 Å². The number of hydrogen-bond donors (Lipinski definition) is 1. The van der Waals surface area contributed by atoms with Crippen LogP contribution in [0.25, 0.3) is 0 Å². The van der Waals surface area contributed by atoms with Crippen LogP contribution in [0.4, 0.5) is 0 Å². The van der Waals surface area contributed by atoms with Crippen molar-refractivity contribution in [1.82, 2.24) is 10.3 Å². The van der Waals surface area contributed by atoms with Gasteiger partial charge in [0.25, 0.3) is 5.91 Å². The van der Waals surface area contributed by atoms with Gasteiger partial charge in [-0.05, 0) is 50.2 Å². The number of ether oxygens (including phenoxy) is 1. The summed E-state index contributed by atoms with van der Waals surface area (Å²) in [5, 5.41) is 3.80. The van der Waals surface area contributed by atoms with E-state index < -0.39 is 5.97 Å². The van der Waals surface area contributed by atoms with Crippen molar-refractivity contribution in [3.05, 3.63) is 53.2 Å². The van der Waals surface area contributed by atoms with Gasteiger partial charge in [0.15, 0.2) is 6.61 Å². The Morgan fingerprint density at radius 3 is 2.62 bits per heavy atom. The van der Waals surface area contributed by atoms with Crippen molar-refractivity contribution in [1.29, 1.82) is 0 Å². The number of amides is 1. The molecule has 7 heteroatoms. The van der Waals surface area contributed by atoms with Gasteiger partial charge in [-0.2, -0.15) is 0 Å². The number of aromatic nitrogens is 1. The Morgan fingerprint density at radius 2 is 1.96 bits per heavy atom. The third kappa shape index (κ3) is 5.54. The van der Waals surface area contributed by atoms with Crippen LogP contribution in [0.1, 0.15) is 24.2 Å². The minimum Gasteiger partial charge on any atom is -0.452 e. The van der Waals surface area contributed by atoms with Crippen molar-refractivity contribution in [3.8, 4) is 0 Å². The maximum absolute atomic E-state index is 12.2. The molecule has 1 aromatic heterocycles. The molecule has 0 spiro atoms. The standard InChI is InChI=1S/C17H17ClN2O3S/c1-11(2)20-15(21)10-23-17(22)14-4-3-9-19-16(14)24-13-7-5-12(18)6-8-13/h3-9,11H,10H2,1-2H3,(H,20,21). The highest BCUT2D eigenvalue weighted by molar-refractivity contribution is 7.99. The van der Waals surface area contributed by atoms with Crippen LogP contribution < -0.4 is 5.32 Å². The van der Waals surface area contributed by atoms with Gasteiger partial charge in [-0.1, -0.05) is 23.4 Å². The van der Waals surface area contributed by atoms with Gasteiger partial charge >= 0.3 is 5.97 Å². The van der Waals surface area contributed by atoms with Gasteiger partial charge < -0.3 is 10.1 Å². The second-order valence-electron chi connectivity index (χ2n) is 5.21. The molecule has 0 saturated carbocycles. The fourth-order valence-electron chi connectivity index (χ4n) is 1.81. The highest BCUT2D eigenvalue weighted by Crippen LogP contribution is 2.29. The van der Waals surface area contributed by atoms with E-state index in [0.29, 0.717) is 15.6 Å². The second kappa shape index (κ2) is 8.70. The molecular formula is C17H17ClN2O3S. The zero-order valence-electron chi connectivity index (χ0n) is 13.3. The van der Waals surface area contributed by atoms with Crippen molar-refractivity contribution in [3.63, 3.8) is 0 Å². The summed E-state index contributed by atoms with van der Waals surface area (Å²) < 4.78 is 5.06. The summed E-state index contributed by atoms with van der Waals surface area (Å²) >= 11 is 7.19. The number of carbonyl (C=O) groups is 2. The first-order valence-corrected chi connectivity index (χ1v) is 8.50. The van der Waals surface area contributed by atoms with E-state index in [9.17, 15) is 9.59 Å². The first kappa shape index (κ1) is 18.3. The molecule has 0 radical (unpaired) electrons. The number of benzene rings is 1. The molecule has 0 aliphatic rings. The number of pyridine rings is 1. The SMILES string of the molecule is CC(C)NC(=O)COC(=O)c1cccnc1Sc1ccc(Cl)cc1. The zero-order chi connectivity index (χ0) is 17.5. The predicted molar refractivity (Wildman–Crippen MR) is 93.4 cm³/mol.